The number of ether oxygens (including phenoxy) is 2. The van der Waals surface area contributed by atoms with Crippen LogP contribution in [0, 0.1) is 19.8 Å². The summed E-state index contributed by atoms with van der Waals surface area (Å²) in [6.07, 6.45) is -6.26. The van der Waals surface area contributed by atoms with Crippen LogP contribution in [-0.2, 0) is 29.1 Å². The van der Waals surface area contributed by atoms with E-state index in [1.807, 2.05) is 50.8 Å². The van der Waals surface area contributed by atoms with Crippen LogP contribution >= 0.6 is 0 Å². The first-order chi connectivity index (χ1) is 19.5. The van der Waals surface area contributed by atoms with E-state index < -0.39 is 40.3 Å². The highest BCUT2D eigenvalue weighted by atomic mass is 32.2. The highest BCUT2D eigenvalue weighted by molar-refractivity contribution is 7.92. The lowest BCUT2D eigenvalue weighted by Crippen LogP contribution is -2.50. The number of hydrogen-bond acceptors (Lipinski definition) is 8. The number of carbonyl (C=O) groups excluding carboxylic acids is 1. The molecule has 2 aromatic rings. The largest absolute Gasteiger partial charge is 0.490 e. The third kappa shape index (κ3) is 9.15. The molecule has 2 N–H and O–H groups in total. The summed E-state index contributed by atoms with van der Waals surface area (Å²) in [4.78, 5) is 23.3. The average Bonchev–Trinajstić information content (AvgIpc) is 2.92. The first-order valence-electron chi connectivity index (χ1n) is 13.1. The second kappa shape index (κ2) is 14.8. The van der Waals surface area contributed by atoms with E-state index in [0.29, 0.717) is 44.1 Å². The number of carboxylic acids is 1. The average molecular weight is 619 g/mol. The van der Waals surface area contributed by atoms with Crippen molar-refractivity contribution in [2.24, 2.45) is 5.92 Å². The third-order valence-corrected chi connectivity index (χ3v) is 8.18. The number of sulfonamides is 1. The molecule has 1 heterocycles. The molecule has 3 rings (SSSR count). The minimum atomic E-state index is -5.08. The van der Waals surface area contributed by atoms with Gasteiger partial charge in [-0.15, -0.1) is 0 Å². The van der Waals surface area contributed by atoms with Gasteiger partial charge in [-0.05, 0) is 49.1 Å². The van der Waals surface area contributed by atoms with Gasteiger partial charge >= 0.3 is 18.1 Å². The fourth-order valence-electron chi connectivity index (χ4n) is 4.34. The quantitative estimate of drug-likeness (QED) is 0.404. The Morgan fingerprint density at radius 1 is 1.07 bits per heavy atom. The first-order valence-corrected chi connectivity index (χ1v) is 14.5. The number of alkyl halides is 3. The third-order valence-electron chi connectivity index (χ3n) is 6.38. The summed E-state index contributed by atoms with van der Waals surface area (Å²) in [6, 6.07) is 10.9. The fraction of sp³-hybridized carbons (Fsp3) is 0.500. The van der Waals surface area contributed by atoms with Gasteiger partial charge in [0, 0.05) is 19.6 Å². The molecule has 1 aliphatic rings. The molecule has 1 fully saturated rings. The van der Waals surface area contributed by atoms with Crippen molar-refractivity contribution in [2.75, 3.05) is 44.3 Å². The molecular formula is C28H37F3N2O8S. The van der Waals surface area contributed by atoms with Crippen molar-refractivity contribution in [3.63, 3.8) is 0 Å². The molecule has 14 heteroatoms. The Morgan fingerprint density at radius 2 is 1.62 bits per heavy atom. The molecule has 2 aromatic carbocycles. The predicted octanol–water partition coefficient (Wildman–Crippen LogP) is 3.70. The van der Waals surface area contributed by atoms with Crippen LogP contribution < -0.4 is 4.31 Å². The number of carboxylic acid groups (broad SMARTS) is 1. The number of aryl methyl sites for hydroxylation is 2. The number of aliphatic hydroxyl groups is 1. The van der Waals surface area contributed by atoms with Gasteiger partial charge in [-0.2, -0.15) is 13.2 Å². The van der Waals surface area contributed by atoms with E-state index in [-0.39, 0.29) is 10.8 Å². The molecule has 42 heavy (non-hydrogen) atoms. The number of methoxy groups -OCH3 is 1. The van der Waals surface area contributed by atoms with Crippen molar-refractivity contribution in [1.29, 1.82) is 0 Å². The topological polar surface area (TPSA) is 134 Å². The number of esters is 1. The molecule has 0 radical (unpaired) electrons. The number of carbonyl (C=O) groups is 2. The summed E-state index contributed by atoms with van der Waals surface area (Å²) in [5, 5.41) is 18.2. The molecule has 1 aliphatic heterocycles. The van der Waals surface area contributed by atoms with Gasteiger partial charge in [-0.25, -0.2) is 13.2 Å². The van der Waals surface area contributed by atoms with Crippen LogP contribution in [0.2, 0.25) is 0 Å². The van der Waals surface area contributed by atoms with E-state index >= 15 is 0 Å². The highest BCUT2D eigenvalue weighted by Crippen LogP contribution is 2.30. The summed E-state index contributed by atoms with van der Waals surface area (Å²) in [5.41, 5.74) is 3.03. The van der Waals surface area contributed by atoms with Gasteiger partial charge in [-0.1, -0.05) is 43.7 Å². The van der Waals surface area contributed by atoms with Gasteiger partial charge in [0.05, 0.1) is 30.9 Å². The van der Waals surface area contributed by atoms with E-state index in [1.54, 1.807) is 12.1 Å². The van der Waals surface area contributed by atoms with Crippen molar-refractivity contribution < 1.29 is 50.9 Å². The van der Waals surface area contributed by atoms with Crippen LogP contribution in [0.25, 0.3) is 0 Å². The Morgan fingerprint density at radius 3 is 2.07 bits per heavy atom. The number of rotatable bonds is 9. The number of aliphatic hydroxyl groups excluding tert-OH is 1. The molecule has 0 spiro atoms. The fourth-order valence-corrected chi connectivity index (χ4v) is 6.04. The number of hydrogen-bond donors (Lipinski definition) is 2. The van der Waals surface area contributed by atoms with Gasteiger partial charge in [-0.3, -0.25) is 14.0 Å². The Labute approximate surface area is 243 Å². The van der Waals surface area contributed by atoms with E-state index in [1.165, 1.54) is 23.5 Å². The predicted molar refractivity (Wildman–Crippen MR) is 149 cm³/mol. The van der Waals surface area contributed by atoms with Gasteiger partial charge in [0.15, 0.2) is 0 Å². The molecule has 2 unspecified atom stereocenters. The van der Waals surface area contributed by atoms with Crippen LogP contribution in [0.3, 0.4) is 0 Å². The van der Waals surface area contributed by atoms with Crippen LogP contribution in [0.15, 0.2) is 47.4 Å². The van der Waals surface area contributed by atoms with E-state index in [4.69, 9.17) is 19.4 Å². The summed E-state index contributed by atoms with van der Waals surface area (Å²) >= 11 is 0. The van der Waals surface area contributed by atoms with Crippen molar-refractivity contribution in [3.05, 3.63) is 59.2 Å². The lowest BCUT2D eigenvalue weighted by molar-refractivity contribution is -0.192. The lowest BCUT2D eigenvalue weighted by atomic mass is 10.0. The second-order valence-corrected chi connectivity index (χ2v) is 12.0. The van der Waals surface area contributed by atoms with Crippen molar-refractivity contribution in [3.8, 4) is 0 Å². The zero-order valence-electron chi connectivity index (χ0n) is 24.1. The van der Waals surface area contributed by atoms with E-state index in [2.05, 4.69) is 0 Å². The molecule has 0 saturated carbocycles. The number of morpholine rings is 1. The monoisotopic (exact) mass is 618 g/mol. The normalized spacial score (nSPS) is 15.8. The van der Waals surface area contributed by atoms with Crippen LogP contribution in [0.1, 0.15) is 36.6 Å². The molecule has 10 nitrogen and oxygen atoms in total. The Kier molecular flexibility index (Phi) is 12.3. The van der Waals surface area contributed by atoms with Gasteiger partial charge in [0.1, 0.15) is 12.1 Å². The maximum absolute atomic E-state index is 13.7. The maximum Gasteiger partial charge on any atom is 0.490 e. The summed E-state index contributed by atoms with van der Waals surface area (Å²) < 4.78 is 70.9. The SMILES string of the molecule is COC(=O)C(C(O)c1ccc(S(=O)(=O)N(CC(C)C)c2ccc(C)cc2C)cc1)N1CCOCC1.O=C(O)C(F)(F)F. The minimum Gasteiger partial charge on any atom is -0.475 e. The molecule has 0 bridgehead atoms. The van der Waals surface area contributed by atoms with Crippen LogP contribution in [0.5, 0.6) is 0 Å². The van der Waals surface area contributed by atoms with Gasteiger partial charge < -0.3 is 19.7 Å². The zero-order chi connectivity index (χ0) is 31.8. The number of nitrogens with zero attached hydrogens (tertiary/aromatic N) is 2. The lowest BCUT2D eigenvalue weighted by Gasteiger charge is -2.35. The standard InChI is InChI=1S/C26H36N2O6S.C2HF3O2/c1-18(2)17-28(23-11-6-19(3)16-20(23)4)35(31,32)22-9-7-21(8-10-22)25(29)24(26(30)33-5)27-12-14-34-15-13-27;3-2(4,5)1(6)7/h6-11,16,18,24-25,29H,12-15,17H2,1-5H3;(H,6,7). The van der Waals surface area contributed by atoms with Crippen molar-refractivity contribution in [2.45, 2.75) is 50.9 Å². The maximum atomic E-state index is 13.7. The van der Waals surface area contributed by atoms with Crippen LogP contribution in [-0.4, -0.2) is 87.6 Å². The van der Waals surface area contributed by atoms with Gasteiger partial charge in [0.25, 0.3) is 10.0 Å². The molecular weight excluding hydrogens is 581 g/mol. The molecule has 2 atom stereocenters. The van der Waals surface area contributed by atoms with Crippen molar-refractivity contribution >= 4 is 27.6 Å². The first kappa shape index (κ1) is 35.0. The number of anilines is 1. The zero-order valence-corrected chi connectivity index (χ0v) is 24.9. The van der Waals surface area contributed by atoms with Gasteiger partial charge in [0.2, 0.25) is 0 Å². The molecule has 234 valence electrons. The number of benzene rings is 2. The summed E-state index contributed by atoms with van der Waals surface area (Å²) in [5.74, 6) is -3.19. The Balaban J connectivity index is 0.000000782. The van der Waals surface area contributed by atoms with E-state index in [0.717, 1.165) is 11.1 Å². The van der Waals surface area contributed by atoms with E-state index in [9.17, 15) is 31.5 Å². The summed E-state index contributed by atoms with van der Waals surface area (Å²) in [7, 11) is -2.57. The molecule has 0 aliphatic carbocycles. The smallest absolute Gasteiger partial charge is 0.475 e. The Hall–Kier alpha value is -3.20. The highest BCUT2D eigenvalue weighted by Gasteiger charge is 2.38. The molecule has 0 aromatic heterocycles. The number of halogens is 3. The minimum absolute atomic E-state index is 0.112. The number of aliphatic carboxylic acids is 1. The molecule has 1 saturated heterocycles. The van der Waals surface area contributed by atoms with Crippen LogP contribution in [0.4, 0.5) is 18.9 Å². The second-order valence-electron chi connectivity index (χ2n) is 10.2. The molecule has 0 amide bonds. The Bertz CT molecular complexity index is 1310. The van der Waals surface area contributed by atoms with Crippen molar-refractivity contribution in [1.82, 2.24) is 4.90 Å². The summed E-state index contributed by atoms with van der Waals surface area (Å²) in [6.45, 7) is 10.1.